The van der Waals surface area contributed by atoms with Gasteiger partial charge in [0.15, 0.2) is 17.5 Å². The average Bonchev–Trinajstić information content (AvgIpc) is 3.60. The van der Waals surface area contributed by atoms with Gasteiger partial charge in [0.25, 0.3) is 0 Å². The molecule has 0 amide bonds. The summed E-state index contributed by atoms with van der Waals surface area (Å²) in [5.41, 5.74) is 4.26. The van der Waals surface area contributed by atoms with E-state index in [9.17, 15) is 13.2 Å². The predicted octanol–water partition coefficient (Wildman–Crippen LogP) is 6.16. The monoisotopic (exact) mass is 618 g/mol. The molecule has 3 aliphatic heterocycles. The van der Waals surface area contributed by atoms with Crippen LogP contribution < -0.4 is 15.4 Å². The van der Waals surface area contributed by atoms with Crippen molar-refractivity contribution >= 4 is 33.2 Å². The Morgan fingerprint density at radius 2 is 2.00 bits per heavy atom. The molecule has 3 saturated heterocycles. The first kappa shape index (κ1) is 26.1. The van der Waals surface area contributed by atoms with Crippen molar-refractivity contribution in [3.05, 3.63) is 47.4 Å². The molecule has 7 nitrogen and oxygen atoms in total. The lowest BCUT2D eigenvalue weighted by molar-refractivity contribution is 0.107. The lowest BCUT2D eigenvalue weighted by Crippen LogP contribution is -2.43. The Kier molecular flexibility index (Phi) is 6.05. The first-order valence-electron chi connectivity index (χ1n) is 16.4. The lowest BCUT2D eigenvalue weighted by Gasteiger charge is -2.31. The Bertz CT molecular complexity index is 2010. The maximum atomic E-state index is 16.9. The third-order valence-corrected chi connectivity index (χ3v) is 9.91. The van der Waals surface area contributed by atoms with Crippen molar-refractivity contribution in [3.63, 3.8) is 0 Å². The highest BCUT2D eigenvalue weighted by Gasteiger charge is 2.49. The van der Waals surface area contributed by atoms with E-state index in [0.29, 0.717) is 43.1 Å². The molecule has 4 fully saturated rings. The minimum atomic E-state index is -2.39. The molecule has 5 heterocycles. The summed E-state index contributed by atoms with van der Waals surface area (Å²) in [6, 6.07) is 3.55. The highest BCUT2D eigenvalue weighted by atomic mass is 19.2. The molecule has 45 heavy (non-hydrogen) atoms. The molecule has 2 aromatic carbocycles. The molecule has 8 rings (SSSR count). The normalized spacial score (nSPS) is 27.1. The molecule has 0 radical (unpaired) electrons. The fourth-order valence-corrected chi connectivity index (χ4v) is 7.75. The third-order valence-electron chi connectivity index (χ3n) is 9.91. The van der Waals surface area contributed by atoms with Gasteiger partial charge in [0.1, 0.15) is 29.8 Å². The first-order valence-corrected chi connectivity index (χ1v) is 15.4. The molecular weight excluding hydrogens is 584 g/mol. The van der Waals surface area contributed by atoms with Crippen LogP contribution in [0.2, 0.25) is 0 Å². The van der Waals surface area contributed by atoms with Gasteiger partial charge in [-0.1, -0.05) is 12.3 Å². The van der Waals surface area contributed by atoms with Crippen LogP contribution in [-0.2, 0) is 0 Å². The molecule has 4 aromatic rings. The molecule has 2 aromatic heterocycles. The van der Waals surface area contributed by atoms with Crippen molar-refractivity contribution in [3.8, 4) is 29.6 Å². The number of ether oxygens (including phenoxy) is 1. The van der Waals surface area contributed by atoms with E-state index in [1.807, 2.05) is 0 Å². The highest BCUT2D eigenvalue weighted by molar-refractivity contribution is 6.03. The van der Waals surface area contributed by atoms with E-state index in [1.165, 1.54) is 18.3 Å². The van der Waals surface area contributed by atoms with E-state index in [1.54, 1.807) is 4.90 Å². The Labute approximate surface area is 260 Å². The number of hydrogen-bond acceptors (Lipinski definition) is 7. The smallest absolute Gasteiger partial charge is 0.319 e. The number of anilines is 2. The number of hydrogen-bond donors (Lipinski definition) is 1. The van der Waals surface area contributed by atoms with Crippen LogP contribution in [0.4, 0.5) is 29.1 Å². The topological polar surface area (TPSA) is 80.4 Å². The number of halogens is 4. The van der Waals surface area contributed by atoms with Crippen LogP contribution in [0.3, 0.4) is 0 Å². The maximum absolute atomic E-state index is 16.9. The minimum Gasteiger partial charge on any atom is -0.461 e. The molecule has 0 spiro atoms. The third kappa shape index (κ3) is 4.56. The average molecular weight is 619 g/mol. The lowest BCUT2D eigenvalue weighted by atomic mass is 9.95. The number of fused-ring (bicyclic) bond motifs is 4. The number of pyridine rings is 1. The van der Waals surface area contributed by atoms with Gasteiger partial charge in [0.05, 0.1) is 19.2 Å². The molecule has 4 atom stereocenters. The Balaban J connectivity index is 1.32. The summed E-state index contributed by atoms with van der Waals surface area (Å²) in [6.07, 6.45) is 10.9. The van der Waals surface area contributed by atoms with E-state index < -0.39 is 41.3 Å². The molecule has 1 saturated carbocycles. The van der Waals surface area contributed by atoms with E-state index >= 15 is 4.39 Å². The van der Waals surface area contributed by atoms with Gasteiger partial charge in [-0.2, -0.15) is 9.97 Å². The van der Waals surface area contributed by atoms with Gasteiger partial charge in [-0.15, -0.1) is 6.42 Å². The van der Waals surface area contributed by atoms with E-state index in [-0.39, 0.29) is 58.3 Å². The summed E-state index contributed by atoms with van der Waals surface area (Å²) in [4.78, 5) is 17.4. The van der Waals surface area contributed by atoms with Crippen molar-refractivity contribution in [1.29, 1.82) is 0 Å². The summed E-state index contributed by atoms with van der Waals surface area (Å²) >= 11 is 0. The fourth-order valence-electron chi connectivity index (χ4n) is 7.75. The second-order valence-electron chi connectivity index (χ2n) is 12.7. The number of rotatable bonds is 5. The number of nitrogens with two attached hydrogens (primary N) is 1. The van der Waals surface area contributed by atoms with Crippen LogP contribution >= 0.6 is 0 Å². The second-order valence-corrected chi connectivity index (χ2v) is 12.7. The van der Waals surface area contributed by atoms with Crippen LogP contribution in [0.5, 0.6) is 6.01 Å². The van der Waals surface area contributed by atoms with Crippen LogP contribution in [0, 0.1) is 35.7 Å². The summed E-state index contributed by atoms with van der Waals surface area (Å²) in [6.45, 7) is -1.08. The van der Waals surface area contributed by atoms with Crippen LogP contribution in [0.15, 0.2) is 24.4 Å². The maximum Gasteiger partial charge on any atom is 0.319 e. The largest absolute Gasteiger partial charge is 0.461 e. The summed E-state index contributed by atoms with van der Waals surface area (Å²) in [5, 5.41) is 0.519. The van der Waals surface area contributed by atoms with Crippen molar-refractivity contribution in [2.45, 2.75) is 62.7 Å². The van der Waals surface area contributed by atoms with Gasteiger partial charge in [-0.3, -0.25) is 9.88 Å². The minimum absolute atomic E-state index is 0.0318. The van der Waals surface area contributed by atoms with Crippen LogP contribution in [-0.4, -0.2) is 63.8 Å². The number of terminal acetylenes is 1. The highest BCUT2D eigenvalue weighted by Crippen LogP contribution is 2.46. The van der Waals surface area contributed by atoms with E-state index in [4.69, 9.17) is 19.6 Å². The SMILES string of the molecule is [2H]C([2H])(Oc1nc(N2CCCC[C@H]3C[C@H]32)c2cnc(-c3cc(N)cc4cc(F)c(F)c(C#C)c34)c(F)c2n1)[C@@]12CCCN1C[C@H](F)C2. The van der Waals surface area contributed by atoms with E-state index in [0.717, 1.165) is 31.7 Å². The Hall–Kier alpha value is -4.17. The number of aromatic nitrogens is 3. The molecule has 0 bridgehead atoms. The van der Waals surface area contributed by atoms with Gasteiger partial charge in [0, 0.05) is 48.4 Å². The molecule has 1 aliphatic carbocycles. The standard InChI is InChI=1S/C34H32F4N6O/c1-2-22-27-19(11-25(36)28(22)37)10-21(39)13-23(27)30-29(38)31-24(15-40-30)32(44-9-4-3-6-18-12-26(18)44)42-33(41-31)45-17-34-7-5-8-43(34)16-20(35)14-34/h1,10-11,13,15,18,20,26H,3-9,12,14,16-17,39H2/t18-,20+,26+,34-/m0/s1/i17D2. The zero-order chi connectivity index (χ0) is 32.8. The Morgan fingerprint density at radius 1 is 1.13 bits per heavy atom. The van der Waals surface area contributed by atoms with Crippen LogP contribution in [0.25, 0.3) is 32.9 Å². The van der Waals surface area contributed by atoms with Gasteiger partial charge in [-0.25, -0.2) is 17.6 Å². The zero-order valence-electron chi connectivity index (χ0n) is 26.4. The number of alkyl halides is 1. The van der Waals surface area contributed by atoms with Crippen LogP contribution in [0.1, 0.15) is 53.3 Å². The fraction of sp³-hybridized carbons (Fsp3) is 0.441. The van der Waals surface area contributed by atoms with Gasteiger partial charge in [0.2, 0.25) is 0 Å². The number of nitrogens with zero attached hydrogens (tertiary/aromatic N) is 5. The number of benzene rings is 2. The summed E-state index contributed by atoms with van der Waals surface area (Å²) in [7, 11) is 0. The van der Waals surface area contributed by atoms with Gasteiger partial charge >= 0.3 is 6.01 Å². The predicted molar refractivity (Wildman–Crippen MR) is 164 cm³/mol. The molecule has 0 unspecified atom stereocenters. The molecule has 11 heteroatoms. The summed E-state index contributed by atoms with van der Waals surface area (Å²) in [5.74, 6) is -0.304. The van der Waals surface area contributed by atoms with E-state index in [2.05, 4.69) is 25.8 Å². The van der Waals surface area contributed by atoms with Gasteiger partial charge in [-0.05, 0) is 68.2 Å². The quantitative estimate of drug-likeness (QED) is 0.163. The Morgan fingerprint density at radius 3 is 2.84 bits per heavy atom. The van der Waals surface area contributed by atoms with Crippen molar-refractivity contribution in [2.75, 3.05) is 36.8 Å². The van der Waals surface area contributed by atoms with Crippen molar-refractivity contribution in [1.82, 2.24) is 19.9 Å². The molecule has 2 N–H and O–H groups in total. The first-order chi connectivity index (χ1) is 22.5. The molecule has 232 valence electrons. The van der Waals surface area contributed by atoms with Gasteiger partial charge < -0.3 is 15.4 Å². The molecule has 4 aliphatic rings. The van der Waals surface area contributed by atoms with Crippen molar-refractivity contribution < 1.29 is 25.0 Å². The zero-order valence-corrected chi connectivity index (χ0v) is 24.4. The molecular formula is C34H32F4N6O. The summed E-state index contributed by atoms with van der Waals surface area (Å²) < 4.78 is 84.9. The second kappa shape index (κ2) is 10.4. The van der Waals surface area contributed by atoms with Crippen molar-refractivity contribution in [2.24, 2.45) is 5.92 Å². The number of nitrogen functional groups attached to an aromatic ring is 1.